The molecule has 0 spiro atoms. The van der Waals surface area contributed by atoms with Gasteiger partial charge in [-0.3, -0.25) is 4.79 Å². The zero-order valence-electron chi connectivity index (χ0n) is 11.3. The maximum Gasteiger partial charge on any atom is 0.225 e. The lowest BCUT2D eigenvalue weighted by Gasteiger charge is -2.07. The number of carbonyl (C=O) groups is 1. The summed E-state index contributed by atoms with van der Waals surface area (Å²) in [6.45, 7) is 0. The minimum Gasteiger partial charge on any atom is -0.497 e. The summed E-state index contributed by atoms with van der Waals surface area (Å²) in [6, 6.07) is 11.1. The van der Waals surface area contributed by atoms with Gasteiger partial charge in [-0.25, -0.2) is 4.98 Å². The molecule has 0 aliphatic heterocycles. The summed E-state index contributed by atoms with van der Waals surface area (Å²) < 4.78 is 5.09. The highest BCUT2D eigenvalue weighted by Gasteiger charge is 2.06. The van der Waals surface area contributed by atoms with E-state index >= 15 is 0 Å². The monoisotopic (exact) mass is 271 g/mol. The first-order chi connectivity index (χ1) is 9.69. The van der Waals surface area contributed by atoms with Crippen LogP contribution in [-0.2, 0) is 11.2 Å². The molecule has 104 valence electrons. The number of hydrogen-bond acceptors (Lipinski definition) is 4. The van der Waals surface area contributed by atoms with E-state index in [1.54, 1.807) is 25.4 Å². The molecule has 2 aromatic rings. The topological polar surface area (TPSA) is 77.2 Å². The van der Waals surface area contributed by atoms with Crippen LogP contribution >= 0.6 is 0 Å². The molecule has 1 aromatic heterocycles. The Balaban J connectivity index is 1.87. The van der Waals surface area contributed by atoms with Crippen molar-refractivity contribution in [1.29, 1.82) is 0 Å². The second-order valence-corrected chi connectivity index (χ2v) is 4.34. The van der Waals surface area contributed by atoms with Crippen molar-refractivity contribution in [1.82, 2.24) is 4.98 Å². The van der Waals surface area contributed by atoms with Crippen LogP contribution in [0.25, 0.3) is 0 Å². The molecular formula is C15H17N3O2. The van der Waals surface area contributed by atoms with E-state index in [1.165, 1.54) is 0 Å². The van der Waals surface area contributed by atoms with Gasteiger partial charge in [-0.2, -0.15) is 0 Å². The van der Waals surface area contributed by atoms with E-state index in [4.69, 9.17) is 10.5 Å². The third-order valence-electron chi connectivity index (χ3n) is 2.90. The normalized spacial score (nSPS) is 10.1. The molecule has 0 saturated carbocycles. The largest absolute Gasteiger partial charge is 0.497 e. The molecule has 5 heteroatoms. The summed E-state index contributed by atoms with van der Waals surface area (Å²) >= 11 is 0. The molecule has 0 bridgehead atoms. The van der Waals surface area contributed by atoms with Gasteiger partial charge in [0.1, 0.15) is 5.75 Å². The number of hydrogen-bond donors (Lipinski definition) is 2. The number of ether oxygens (including phenoxy) is 1. The summed E-state index contributed by atoms with van der Waals surface area (Å²) in [5.41, 5.74) is 7.26. The van der Waals surface area contributed by atoms with Crippen molar-refractivity contribution in [3.8, 4) is 5.75 Å². The Morgan fingerprint density at radius 1 is 1.30 bits per heavy atom. The average Bonchev–Trinajstić information content (AvgIpc) is 2.48. The summed E-state index contributed by atoms with van der Waals surface area (Å²) in [5.74, 6) is 1.11. The van der Waals surface area contributed by atoms with Crippen LogP contribution in [0.2, 0.25) is 0 Å². The van der Waals surface area contributed by atoms with Crippen LogP contribution in [0.4, 0.5) is 11.5 Å². The second-order valence-electron chi connectivity index (χ2n) is 4.34. The molecule has 0 unspecified atom stereocenters. The fourth-order valence-corrected chi connectivity index (χ4v) is 1.77. The zero-order chi connectivity index (χ0) is 14.4. The highest BCUT2D eigenvalue weighted by atomic mass is 16.5. The number of nitrogen functional groups attached to an aromatic ring is 1. The first-order valence-electron chi connectivity index (χ1n) is 6.32. The van der Waals surface area contributed by atoms with Gasteiger partial charge in [-0.15, -0.1) is 0 Å². The maximum atomic E-state index is 11.8. The molecule has 1 aromatic carbocycles. The lowest BCUT2D eigenvalue weighted by Crippen LogP contribution is -2.14. The fourth-order valence-electron chi connectivity index (χ4n) is 1.77. The molecule has 5 nitrogen and oxygen atoms in total. The molecule has 1 amide bonds. The Labute approximate surface area is 117 Å². The molecule has 0 saturated heterocycles. The Hall–Kier alpha value is -2.56. The Kier molecular flexibility index (Phi) is 4.55. The van der Waals surface area contributed by atoms with E-state index in [-0.39, 0.29) is 5.91 Å². The molecule has 0 aliphatic rings. The number of anilines is 2. The molecule has 3 N–H and O–H groups in total. The second kappa shape index (κ2) is 6.56. The fraction of sp³-hybridized carbons (Fsp3) is 0.200. The summed E-state index contributed by atoms with van der Waals surface area (Å²) in [6.07, 6.45) is 2.63. The quantitative estimate of drug-likeness (QED) is 0.874. The highest BCUT2D eigenvalue weighted by Crippen LogP contribution is 2.15. The predicted octanol–water partition coefficient (Wildman–Crippen LogP) is 2.24. The molecular weight excluding hydrogens is 254 g/mol. The number of pyridine rings is 1. The van der Waals surface area contributed by atoms with Gasteiger partial charge in [0.25, 0.3) is 0 Å². The van der Waals surface area contributed by atoms with Crippen LogP contribution in [-0.4, -0.2) is 18.0 Å². The minimum absolute atomic E-state index is 0.105. The van der Waals surface area contributed by atoms with Crippen LogP contribution < -0.4 is 15.8 Å². The average molecular weight is 271 g/mol. The van der Waals surface area contributed by atoms with Crippen molar-refractivity contribution in [2.75, 3.05) is 18.2 Å². The lowest BCUT2D eigenvalue weighted by molar-refractivity contribution is -0.116. The van der Waals surface area contributed by atoms with E-state index in [2.05, 4.69) is 10.3 Å². The molecule has 2 rings (SSSR count). The van der Waals surface area contributed by atoms with Crippen LogP contribution in [0.15, 0.2) is 42.6 Å². The summed E-state index contributed by atoms with van der Waals surface area (Å²) in [4.78, 5) is 15.9. The van der Waals surface area contributed by atoms with Gasteiger partial charge in [0.15, 0.2) is 5.82 Å². The third-order valence-corrected chi connectivity index (χ3v) is 2.90. The number of nitrogens with one attached hydrogen (secondary N) is 1. The Morgan fingerprint density at radius 2 is 2.05 bits per heavy atom. The molecule has 20 heavy (non-hydrogen) atoms. The highest BCUT2D eigenvalue weighted by molar-refractivity contribution is 5.92. The van der Waals surface area contributed by atoms with Crippen LogP contribution in [0, 0.1) is 0 Å². The van der Waals surface area contributed by atoms with Gasteiger partial charge in [0.05, 0.1) is 12.8 Å². The van der Waals surface area contributed by atoms with E-state index in [9.17, 15) is 4.79 Å². The zero-order valence-corrected chi connectivity index (χ0v) is 11.3. The van der Waals surface area contributed by atoms with Crippen molar-refractivity contribution in [3.63, 3.8) is 0 Å². The predicted molar refractivity (Wildman–Crippen MR) is 78.6 cm³/mol. The van der Waals surface area contributed by atoms with Crippen LogP contribution in [0.3, 0.4) is 0 Å². The smallest absolute Gasteiger partial charge is 0.225 e. The van der Waals surface area contributed by atoms with Crippen molar-refractivity contribution in [2.24, 2.45) is 0 Å². The first kappa shape index (κ1) is 13.9. The van der Waals surface area contributed by atoms with Crippen molar-refractivity contribution in [3.05, 3.63) is 48.2 Å². The van der Waals surface area contributed by atoms with Gasteiger partial charge in [0.2, 0.25) is 5.91 Å². The molecule has 0 aliphatic carbocycles. The van der Waals surface area contributed by atoms with E-state index in [1.807, 2.05) is 24.3 Å². The number of rotatable bonds is 5. The van der Waals surface area contributed by atoms with E-state index in [0.717, 1.165) is 11.3 Å². The first-order valence-corrected chi connectivity index (χ1v) is 6.32. The van der Waals surface area contributed by atoms with Gasteiger partial charge < -0.3 is 15.8 Å². The number of carbonyl (C=O) groups excluding carboxylic acids is 1. The molecule has 0 atom stereocenters. The van der Waals surface area contributed by atoms with Gasteiger partial charge in [0, 0.05) is 12.6 Å². The number of aryl methyl sites for hydroxylation is 1. The standard InChI is InChI=1S/C15H17N3O2/c1-20-12-7-4-11(5-8-12)6-9-14(19)18-15-13(16)3-2-10-17-15/h2-5,7-8,10H,6,9,16H2,1H3,(H,17,18,19). The SMILES string of the molecule is COc1ccc(CCC(=O)Nc2ncccc2N)cc1. The van der Waals surface area contributed by atoms with E-state index in [0.29, 0.717) is 24.3 Å². The molecule has 0 fully saturated rings. The summed E-state index contributed by atoms with van der Waals surface area (Å²) in [7, 11) is 1.62. The van der Waals surface area contributed by atoms with Crippen molar-refractivity contribution < 1.29 is 9.53 Å². The van der Waals surface area contributed by atoms with Gasteiger partial charge >= 0.3 is 0 Å². The van der Waals surface area contributed by atoms with Gasteiger partial charge in [-0.1, -0.05) is 12.1 Å². The molecule has 0 radical (unpaired) electrons. The number of amides is 1. The Morgan fingerprint density at radius 3 is 2.70 bits per heavy atom. The lowest BCUT2D eigenvalue weighted by atomic mass is 10.1. The van der Waals surface area contributed by atoms with Crippen LogP contribution in [0.5, 0.6) is 5.75 Å². The van der Waals surface area contributed by atoms with Gasteiger partial charge in [-0.05, 0) is 36.2 Å². The number of aromatic nitrogens is 1. The van der Waals surface area contributed by atoms with Crippen LogP contribution in [0.1, 0.15) is 12.0 Å². The number of benzene rings is 1. The number of nitrogens with zero attached hydrogens (tertiary/aromatic N) is 1. The number of nitrogens with two attached hydrogens (primary N) is 1. The van der Waals surface area contributed by atoms with Crippen molar-refractivity contribution in [2.45, 2.75) is 12.8 Å². The third kappa shape index (κ3) is 3.71. The maximum absolute atomic E-state index is 11.8. The molecule has 1 heterocycles. The summed E-state index contributed by atoms with van der Waals surface area (Å²) in [5, 5.41) is 2.70. The van der Waals surface area contributed by atoms with Crippen molar-refractivity contribution >= 4 is 17.4 Å². The minimum atomic E-state index is -0.105. The number of methoxy groups -OCH3 is 1. The Bertz CT molecular complexity index is 582. The van der Waals surface area contributed by atoms with E-state index < -0.39 is 0 Å².